The van der Waals surface area contributed by atoms with Crippen LogP contribution in [0.3, 0.4) is 0 Å². The van der Waals surface area contributed by atoms with E-state index >= 15 is 0 Å². The Labute approximate surface area is 89.4 Å². The Morgan fingerprint density at radius 1 is 1.29 bits per heavy atom. The van der Waals surface area contributed by atoms with E-state index < -0.39 is 0 Å². The third kappa shape index (κ3) is 2.36. The Morgan fingerprint density at radius 2 is 2.07 bits per heavy atom. The zero-order valence-electron chi connectivity index (χ0n) is 6.94. The van der Waals surface area contributed by atoms with Gasteiger partial charge < -0.3 is 0 Å². The van der Waals surface area contributed by atoms with Gasteiger partial charge in [0.2, 0.25) is 0 Å². The van der Waals surface area contributed by atoms with Crippen molar-refractivity contribution in [3.05, 3.63) is 29.3 Å². The lowest BCUT2D eigenvalue weighted by Crippen LogP contribution is -1.88. The van der Waals surface area contributed by atoms with Gasteiger partial charge in [0, 0.05) is 9.92 Å². The van der Waals surface area contributed by atoms with Gasteiger partial charge in [0.15, 0.2) is 0 Å². The first-order valence-corrected chi connectivity index (χ1v) is 4.96. The first-order valence-electron chi connectivity index (χ1n) is 3.76. The highest BCUT2D eigenvalue weighted by atomic mass is 35.5. The summed E-state index contributed by atoms with van der Waals surface area (Å²) in [5, 5.41) is 14.0. The second-order valence-corrected chi connectivity index (χ2v) is 3.71. The lowest BCUT2D eigenvalue weighted by molar-refractivity contribution is 0.881. The number of tetrazole rings is 1. The number of aromatic amines is 1. The fourth-order valence-corrected chi connectivity index (χ4v) is 1.51. The van der Waals surface area contributed by atoms with Crippen LogP contribution in [0.4, 0.5) is 5.95 Å². The van der Waals surface area contributed by atoms with Crippen molar-refractivity contribution in [3.63, 3.8) is 0 Å². The third-order valence-electron chi connectivity index (χ3n) is 1.42. The van der Waals surface area contributed by atoms with Crippen LogP contribution in [0, 0.1) is 0 Å². The summed E-state index contributed by atoms with van der Waals surface area (Å²) in [6, 6.07) is 7.45. The van der Waals surface area contributed by atoms with Crippen LogP contribution in [-0.2, 0) is 0 Å². The smallest absolute Gasteiger partial charge is 0.273 e. The molecule has 0 aliphatic carbocycles. The van der Waals surface area contributed by atoms with E-state index in [0.29, 0.717) is 11.0 Å². The zero-order chi connectivity index (χ0) is 9.80. The van der Waals surface area contributed by atoms with E-state index in [1.165, 1.54) is 11.9 Å². The number of aromatic nitrogens is 4. The van der Waals surface area contributed by atoms with E-state index in [0.717, 1.165) is 4.90 Å². The van der Waals surface area contributed by atoms with Crippen molar-refractivity contribution in [1.82, 2.24) is 20.6 Å². The van der Waals surface area contributed by atoms with Crippen molar-refractivity contribution in [1.29, 1.82) is 0 Å². The Kier molecular flexibility index (Phi) is 2.85. The minimum absolute atomic E-state index is 0.449. The molecule has 7 heteroatoms. The summed E-state index contributed by atoms with van der Waals surface area (Å²) >= 11 is 7.14. The summed E-state index contributed by atoms with van der Waals surface area (Å²) in [6.07, 6.45) is 0. The molecule has 72 valence electrons. The molecule has 0 aliphatic rings. The van der Waals surface area contributed by atoms with Gasteiger partial charge >= 0.3 is 0 Å². The van der Waals surface area contributed by atoms with Crippen molar-refractivity contribution in [2.45, 2.75) is 4.90 Å². The molecular weight excluding hydrogens is 222 g/mol. The SMILES string of the molecule is Clc1ccc(SNc2nn[nH]n2)cc1. The maximum absolute atomic E-state index is 5.74. The van der Waals surface area contributed by atoms with Gasteiger partial charge in [-0.1, -0.05) is 16.7 Å². The fourth-order valence-electron chi connectivity index (χ4n) is 0.812. The molecule has 5 nitrogen and oxygen atoms in total. The van der Waals surface area contributed by atoms with Crippen molar-refractivity contribution >= 4 is 29.5 Å². The van der Waals surface area contributed by atoms with Crippen LogP contribution in [0.1, 0.15) is 0 Å². The number of anilines is 1. The molecule has 1 aromatic carbocycles. The Balaban J connectivity index is 1.95. The first-order chi connectivity index (χ1) is 6.84. The Hall–Kier alpha value is -1.27. The summed E-state index contributed by atoms with van der Waals surface area (Å²) in [4.78, 5) is 1.03. The van der Waals surface area contributed by atoms with Crippen LogP contribution in [0.15, 0.2) is 29.2 Å². The fraction of sp³-hybridized carbons (Fsp3) is 0. The molecule has 14 heavy (non-hydrogen) atoms. The average molecular weight is 228 g/mol. The number of benzene rings is 1. The van der Waals surface area contributed by atoms with Gasteiger partial charge in [0.1, 0.15) is 0 Å². The maximum Gasteiger partial charge on any atom is 0.273 e. The predicted molar refractivity (Wildman–Crippen MR) is 55.1 cm³/mol. The molecule has 0 unspecified atom stereocenters. The topological polar surface area (TPSA) is 66.5 Å². The van der Waals surface area contributed by atoms with Crippen LogP contribution in [0.5, 0.6) is 0 Å². The lowest BCUT2D eigenvalue weighted by atomic mass is 10.4. The van der Waals surface area contributed by atoms with E-state index in [1.807, 2.05) is 24.3 Å². The average Bonchev–Trinajstić information content (AvgIpc) is 2.70. The largest absolute Gasteiger partial charge is 0.291 e. The van der Waals surface area contributed by atoms with Gasteiger partial charge in [0.05, 0.1) is 0 Å². The maximum atomic E-state index is 5.74. The summed E-state index contributed by atoms with van der Waals surface area (Å²) < 4.78 is 2.92. The Morgan fingerprint density at radius 3 is 2.71 bits per heavy atom. The van der Waals surface area contributed by atoms with Crippen LogP contribution in [-0.4, -0.2) is 20.6 Å². The molecule has 0 saturated carbocycles. The van der Waals surface area contributed by atoms with Gasteiger partial charge in [0.25, 0.3) is 5.95 Å². The summed E-state index contributed by atoms with van der Waals surface area (Å²) in [7, 11) is 0. The monoisotopic (exact) mass is 227 g/mol. The molecule has 2 aromatic rings. The van der Waals surface area contributed by atoms with E-state index in [2.05, 4.69) is 25.3 Å². The highest BCUT2D eigenvalue weighted by Crippen LogP contribution is 2.20. The van der Waals surface area contributed by atoms with E-state index in [9.17, 15) is 0 Å². The summed E-state index contributed by atoms with van der Waals surface area (Å²) in [5.74, 6) is 0.449. The standard InChI is InChI=1S/C7H6ClN5S/c8-5-1-3-6(4-2-5)14-11-7-9-12-13-10-7/h1-4H,(H2,9,10,11,12,13). The number of hydrogen-bond acceptors (Lipinski definition) is 5. The number of rotatable bonds is 3. The third-order valence-corrected chi connectivity index (χ3v) is 2.46. The highest BCUT2D eigenvalue weighted by Gasteiger charge is 1.97. The first kappa shape index (κ1) is 9.29. The molecule has 1 heterocycles. The van der Waals surface area contributed by atoms with Crippen LogP contribution in [0.25, 0.3) is 0 Å². The molecule has 2 rings (SSSR count). The van der Waals surface area contributed by atoms with Gasteiger partial charge in [-0.3, -0.25) is 4.72 Å². The summed E-state index contributed by atoms with van der Waals surface area (Å²) in [5.41, 5.74) is 0. The van der Waals surface area contributed by atoms with Crippen molar-refractivity contribution in [3.8, 4) is 0 Å². The van der Waals surface area contributed by atoms with E-state index in [-0.39, 0.29) is 0 Å². The van der Waals surface area contributed by atoms with E-state index in [4.69, 9.17) is 11.6 Å². The van der Waals surface area contributed by atoms with Crippen molar-refractivity contribution in [2.24, 2.45) is 0 Å². The Bertz CT molecular complexity index is 387. The molecule has 0 atom stereocenters. The summed E-state index contributed by atoms with van der Waals surface area (Å²) in [6.45, 7) is 0. The van der Waals surface area contributed by atoms with Crippen LogP contribution in [0.2, 0.25) is 5.02 Å². The van der Waals surface area contributed by atoms with Crippen molar-refractivity contribution < 1.29 is 0 Å². The minimum Gasteiger partial charge on any atom is -0.291 e. The van der Waals surface area contributed by atoms with Gasteiger partial charge in [-0.25, -0.2) is 0 Å². The molecule has 0 radical (unpaired) electrons. The van der Waals surface area contributed by atoms with Gasteiger partial charge in [-0.05, 0) is 41.4 Å². The number of H-pyrrole nitrogens is 1. The molecule has 0 saturated heterocycles. The zero-order valence-corrected chi connectivity index (χ0v) is 8.51. The highest BCUT2D eigenvalue weighted by molar-refractivity contribution is 8.00. The molecule has 0 aliphatic heterocycles. The second-order valence-electron chi connectivity index (χ2n) is 2.39. The number of halogens is 1. The normalized spacial score (nSPS) is 10.1. The number of nitrogens with one attached hydrogen (secondary N) is 2. The van der Waals surface area contributed by atoms with Crippen molar-refractivity contribution in [2.75, 3.05) is 4.72 Å². The van der Waals surface area contributed by atoms with Gasteiger partial charge in [-0.2, -0.15) is 5.21 Å². The molecule has 0 fully saturated rings. The second kappa shape index (κ2) is 4.30. The van der Waals surface area contributed by atoms with E-state index in [1.54, 1.807) is 0 Å². The number of hydrogen-bond donors (Lipinski definition) is 2. The molecule has 1 aromatic heterocycles. The molecule has 0 spiro atoms. The molecular formula is C7H6ClN5S. The van der Waals surface area contributed by atoms with Gasteiger partial charge in [-0.15, -0.1) is 5.10 Å². The lowest BCUT2D eigenvalue weighted by Gasteiger charge is -1.99. The van der Waals surface area contributed by atoms with Crippen LogP contribution >= 0.6 is 23.5 Å². The molecule has 2 N–H and O–H groups in total. The quantitative estimate of drug-likeness (QED) is 0.785. The van der Waals surface area contributed by atoms with Crippen LogP contribution < -0.4 is 4.72 Å². The molecule has 0 amide bonds. The molecule has 0 bridgehead atoms. The minimum atomic E-state index is 0.449. The predicted octanol–water partition coefficient (Wildman–Crippen LogP) is 1.97. The number of nitrogens with zero attached hydrogens (tertiary/aromatic N) is 3.